The van der Waals surface area contributed by atoms with Crippen LogP contribution >= 0.6 is 0 Å². The van der Waals surface area contributed by atoms with Crippen molar-refractivity contribution in [2.75, 3.05) is 23.7 Å². The van der Waals surface area contributed by atoms with E-state index in [2.05, 4.69) is 31.7 Å². The zero-order valence-corrected chi connectivity index (χ0v) is 15.9. The number of hydrogen-bond acceptors (Lipinski definition) is 6. The SMILES string of the molecule is CC(=O)CCC1CCN(c2ncnc(C)c2C#Cc2ccc(N)nc2)CC1. The highest BCUT2D eigenvalue weighted by molar-refractivity contribution is 5.75. The summed E-state index contributed by atoms with van der Waals surface area (Å²) >= 11 is 0. The molecule has 0 amide bonds. The highest BCUT2D eigenvalue weighted by Crippen LogP contribution is 2.27. The van der Waals surface area contributed by atoms with Crippen molar-refractivity contribution < 1.29 is 4.79 Å². The molecule has 0 aromatic carbocycles. The third-order valence-electron chi connectivity index (χ3n) is 4.95. The summed E-state index contributed by atoms with van der Waals surface area (Å²) in [5.74, 6) is 8.62. The van der Waals surface area contributed by atoms with E-state index in [-0.39, 0.29) is 5.78 Å². The van der Waals surface area contributed by atoms with Gasteiger partial charge in [-0.15, -0.1) is 0 Å². The Balaban J connectivity index is 1.75. The van der Waals surface area contributed by atoms with Gasteiger partial charge in [-0.3, -0.25) is 0 Å². The van der Waals surface area contributed by atoms with Crippen LogP contribution in [0, 0.1) is 24.7 Å². The summed E-state index contributed by atoms with van der Waals surface area (Å²) in [6, 6.07) is 3.60. The van der Waals surface area contributed by atoms with Crippen LogP contribution in [0.1, 0.15) is 49.4 Å². The largest absolute Gasteiger partial charge is 0.384 e. The Morgan fingerprint density at radius 1 is 1.22 bits per heavy atom. The zero-order valence-electron chi connectivity index (χ0n) is 15.9. The van der Waals surface area contributed by atoms with Crippen molar-refractivity contribution in [2.45, 2.75) is 39.5 Å². The van der Waals surface area contributed by atoms with Gasteiger partial charge in [0.05, 0.1) is 11.3 Å². The van der Waals surface area contributed by atoms with E-state index in [1.165, 1.54) is 0 Å². The molecular weight excluding hydrogens is 338 g/mol. The van der Waals surface area contributed by atoms with Crippen molar-refractivity contribution in [1.82, 2.24) is 15.0 Å². The quantitative estimate of drug-likeness (QED) is 0.841. The van der Waals surface area contributed by atoms with Gasteiger partial charge in [-0.1, -0.05) is 11.8 Å². The number of Topliss-reactive ketones (excluding diaryl/α,β-unsaturated/α-hetero) is 1. The topological polar surface area (TPSA) is 85.0 Å². The third-order valence-corrected chi connectivity index (χ3v) is 4.95. The second kappa shape index (κ2) is 8.63. The number of pyridine rings is 1. The molecule has 0 radical (unpaired) electrons. The monoisotopic (exact) mass is 363 g/mol. The van der Waals surface area contributed by atoms with E-state index in [1.54, 1.807) is 25.5 Å². The number of aryl methyl sites for hydroxylation is 1. The molecule has 6 heteroatoms. The molecule has 2 aromatic heterocycles. The Morgan fingerprint density at radius 2 is 2.00 bits per heavy atom. The normalized spacial score (nSPS) is 14.5. The molecule has 0 unspecified atom stereocenters. The van der Waals surface area contributed by atoms with Crippen molar-refractivity contribution in [3.05, 3.63) is 41.5 Å². The zero-order chi connectivity index (χ0) is 19.2. The number of nitrogens with two attached hydrogens (primary N) is 1. The molecule has 27 heavy (non-hydrogen) atoms. The lowest BCUT2D eigenvalue weighted by atomic mass is 9.91. The molecule has 6 nitrogen and oxygen atoms in total. The van der Waals surface area contributed by atoms with E-state index in [0.717, 1.165) is 55.0 Å². The van der Waals surface area contributed by atoms with Crippen molar-refractivity contribution in [3.8, 4) is 11.8 Å². The lowest BCUT2D eigenvalue weighted by Crippen LogP contribution is -2.35. The number of hydrogen-bond donors (Lipinski definition) is 1. The fraction of sp³-hybridized carbons (Fsp3) is 0.429. The Bertz CT molecular complexity index is 858. The lowest BCUT2D eigenvalue weighted by Gasteiger charge is -2.33. The van der Waals surface area contributed by atoms with Gasteiger partial charge in [-0.05, 0) is 51.2 Å². The third kappa shape index (κ3) is 5.04. The second-order valence-electron chi connectivity index (χ2n) is 7.05. The predicted molar refractivity (Wildman–Crippen MR) is 106 cm³/mol. The summed E-state index contributed by atoms with van der Waals surface area (Å²) in [5.41, 5.74) is 8.16. The van der Waals surface area contributed by atoms with Crippen LogP contribution < -0.4 is 10.6 Å². The van der Waals surface area contributed by atoms with Gasteiger partial charge in [0.25, 0.3) is 0 Å². The number of carbonyl (C=O) groups is 1. The molecule has 140 valence electrons. The molecule has 1 aliphatic heterocycles. The Labute approximate surface area is 160 Å². The van der Waals surface area contributed by atoms with E-state index in [9.17, 15) is 4.79 Å². The molecule has 2 aromatic rings. The summed E-state index contributed by atoms with van der Waals surface area (Å²) in [6.07, 6.45) is 7.09. The minimum absolute atomic E-state index is 0.276. The molecule has 0 spiro atoms. The molecule has 0 aliphatic carbocycles. The van der Waals surface area contributed by atoms with E-state index in [4.69, 9.17) is 5.73 Å². The maximum Gasteiger partial charge on any atom is 0.148 e. The van der Waals surface area contributed by atoms with Gasteiger partial charge < -0.3 is 15.4 Å². The number of ketones is 1. The van der Waals surface area contributed by atoms with Crippen LogP contribution in [0.4, 0.5) is 11.6 Å². The summed E-state index contributed by atoms with van der Waals surface area (Å²) in [5, 5.41) is 0. The van der Waals surface area contributed by atoms with Crippen molar-refractivity contribution in [2.24, 2.45) is 5.92 Å². The van der Waals surface area contributed by atoms with Gasteiger partial charge in [0.15, 0.2) is 0 Å². The first-order valence-electron chi connectivity index (χ1n) is 9.32. The fourth-order valence-electron chi connectivity index (χ4n) is 3.30. The summed E-state index contributed by atoms with van der Waals surface area (Å²) in [7, 11) is 0. The number of nitrogens with zero attached hydrogens (tertiary/aromatic N) is 4. The number of anilines is 2. The maximum absolute atomic E-state index is 11.2. The van der Waals surface area contributed by atoms with Gasteiger partial charge in [0, 0.05) is 31.3 Å². The average molecular weight is 363 g/mol. The van der Waals surface area contributed by atoms with Crippen molar-refractivity contribution >= 4 is 17.4 Å². The smallest absolute Gasteiger partial charge is 0.148 e. The molecule has 0 atom stereocenters. The second-order valence-corrected chi connectivity index (χ2v) is 7.05. The van der Waals surface area contributed by atoms with Crippen LogP contribution in [0.15, 0.2) is 24.7 Å². The first-order chi connectivity index (χ1) is 13.0. The molecule has 3 heterocycles. The molecule has 0 bridgehead atoms. The van der Waals surface area contributed by atoms with Crippen LogP contribution in [0.2, 0.25) is 0 Å². The molecule has 3 rings (SSSR count). The van der Waals surface area contributed by atoms with E-state index in [0.29, 0.717) is 18.2 Å². The predicted octanol–water partition coefficient (Wildman–Crippen LogP) is 2.75. The van der Waals surface area contributed by atoms with Crippen LogP contribution in [0.5, 0.6) is 0 Å². The van der Waals surface area contributed by atoms with Crippen LogP contribution in [-0.4, -0.2) is 33.8 Å². The van der Waals surface area contributed by atoms with Gasteiger partial charge >= 0.3 is 0 Å². The van der Waals surface area contributed by atoms with Gasteiger partial charge in [0.1, 0.15) is 23.7 Å². The highest BCUT2D eigenvalue weighted by atomic mass is 16.1. The molecule has 2 N–H and O–H groups in total. The fourth-order valence-corrected chi connectivity index (χ4v) is 3.30. The van der Waals surface area contributed by atoms with Gasteiger partial charge in [-0.25, -0.2) is 15.0 Å². The summed E-state index contributed by atoms with van der Waals surface area (Å²) in [6.45, 7) is 5.48. The number of carbonyl (C=O) groups excluding carboxylic acids is 1. The Morgan fingerprint density at radius 3 is 2.67 bits per heavy atom. The van der Waals surface area contributed by atoms with E-state index in [1.807, 2.05) is 13.0 Å². The van der Waals surface area contributed by atoms with Crippen LogP contribution in [0.3, 0.4) is 0 Å². The van der Waals surface area contributed by atoms with E-state index >= 15 is 0 Å². The van der Waals surface area contributed by atoms with Gasteiger partial charge in [0.2, 0.25) is 0 Å². The molecule has 1 aliphatic rings. The number of rotatable bonds is 4. The Hall–Kier alpha value is -2.94. The minimum atomic E-state index is 0.276. The lowest BCUT2D eigenvalue weighted by molar-refractivity contribution is -0.117. The first-order valence-corrected chi connectivity index (χ1v) is 9.32. The van der Waals surface area contributed by atoms with Crippen molar-refractivity contribution in [3.63, 3.8) is 0 Å². The number of nitrogen functional groups attached to an aromatic ring is 1. The number of piperidine rings is 1. The molecule has 1 saturated heterocycles. The molecule has 1 fully saturated rings. The van der Waals surface area contributed by atoms with Crippen LogP contribution in [0.25, 0.3) is 0 Å². The average Bonchev–Trinajstić information content (AvgIpc) is 2.67. The first kappa shape index (κ1) is 18.8. The maximum atomic E-state index is 11.2. The van der Waals surface area contributed by atoms with E-state index < -0.39 is 0 Å². The van der Waals surface area contributed by atoms with Gasteiger partial charge in [-0.2, -0.15) is 0 Å². The molecular formula is C21H25N5O. The van der Waals surface area contributed by atoms with Crippen molar-refractivity contribution in [1.29, 1.82) is 0 Å². The number of aromatic nitrogens is 3. The highest BCUT2D eigenvalue weighted by Gasteiger charge is 2.22. The van der Waals surface area contributed by atoms with Crippen LogP contribution in [-0.2, 0) is 4.79 Å². The summed E-state index contributed by atoms with van der Waals surface area (Å²) in [4.78, 5) is 26.4. The summed E-state index contributed by atoms with van der Waals surface area (Å²) < 4.78 is 0. The standard InChI is InChI=1S/C21H25N5O/c1-15(27)3-4-17-9-11-26(12-10-17)21-19(16(2)24-14-25-21)7-5-18-6-8-20(22)23-13-18/h6,8,13-14,17H,3-4,9-12H2,1-2H3,(H2,22,23). The Kier molecular flexibility index (Phi) is 6.02. The minimum Gasteiger partial charge on any atom is -0.384 e. The molecule has 0 saturated carbocycles.